The predicted octanol–water partition coefficient (Wildman–Crippen LogP) is -0.769. The summed E-state index contributed by atoms with van der Waals surface area (Å²) in [5.74, 6) is 0.644. The summed E-state index contributed by atoms with van der Waals surface area (Å²) in [6.07, 6.45) is 0. The third kappa shape index (κ3) is 2.83. The van der Waals surface area contributed by atoms with Gasteiger partial charge in [0.05, 0.1) is 6.54 Å². The Labute approximate surface area is 116 Å². The number of tetrazole rings is 2. The number of carbonyl (C=O) groups excluding carboxylic acids is 1. The Balaban J connectivity index is 1.56. The summed E-state index contributed by atoms with van der Waals surface area (Å²) in [4.78, 5) is 12.9. The van der Waals surface area contributed by atoms with Gasteiger partial charge in [0.15, 0.2) is 5.82 Å². The lowest BCUT2D eigenvalue weighted by Gasteiger charge is -2.00. The smallest absolute Gasteiger partial charge is 0.244 e. The van der Waals surface area contributed by atoms with Crippen molar-refractivity contribution in [3.8, 4) is 11.4 Å². The molecule has 0 saturated heterocycles. The number of thiophene rings is 1. The van der Waals surface area contributed by atoms with Gasteiger partial charge >= 0.3 is 0 Å². The molecule has 10 nitrogen and oxygen atoms in total. The lowest BCUT2D eigenvalue weighted by atomic mass is 10.3. The van der Waals surface area contributed by atoms with Gasteiger partial charge in [0.2, 0.25) is 11.7 Å². The van der Waals surface area contributed by atoms with Crippen molar-refractivity contribution in [2.75, 3.05) is 0 Å². The van der Waals surface area contributed by atoms with Gasteiger partial charge in [-0.25, -0.2) is 0 Å². The number of aromatic nitrogens is 8. The van der Waals surface area contributed by atoms with Gasteiger partial charge < -0.3 is 5.32 Å². The van der Waals surface area contributed by atoms with Crippen LogP contribution in [-0.4, -0.2) is 46.7 Å². The van der Waals surface area contributed by atoms with E-state index in [0.717, 1.165) is 5.56 Å². The average molecular weight is 291 g/mol. The van der Waals surface area contributed by atoms with Crippen LogP contribution in [-0.2, 0) is 17.9 Å². The first-order valence-corrected chi connectivity index (χ1v) is 6.55. The molecule has 20 heavy (non-hydrogen) atoms. The Hall–Kier alpha value is -2.69. The SMILES string of the molecule is O=C(Cn1nnc(-c2ccsc2)n1)NCc1nn[nH]n1. The summed E-state index contributed by atoms with van der Waals surface area (Å²) in [5, 5.41) is 31.4. The summed E-state index contributed by atoms with van der Waals surface area (Å²) < 4.78 is 0. The summed E-state index contributed by atoms with van der Waals surface area (Å²) >= 11 is 1.55. The first-order valence-electron chi connectivity index (χ1n) is 5.60. The number of aromatic amines is 1. The maximum Gasteiger partial charge on any atom is 0.244 e. The molecule has 0 spiro atoms. The molecule has 0 atom stereocenters. The number of nitrogens with one attached hydrogen (secondary N) is 2. The van der Waals surface area contributed by atoms with E-state index in [-0.39, 0.29) is 19.0 Å². The second kappa shape index (κ2) is 5.52. The zero-order chi connectivity index (χ0) is 13.8. The van der Waals surface area contributed by atoms with E-state index in [1.165, 1.54) is 4.80 Å². The molecular weight excluding hydrogens is 282 g/mol. The van der Waals surface area contributed by atoms with Gasteiger partial charge in [0.25, 0.3) is 0 Å². The minimum Gasteiger partial charge on any atom is -0.347 e. The molecule has 3 aromatic rings. The van der Waals surface area contributed by atoms with Crippen molar-refractivity contribution in [1.29, 1.82) is 0 Å². The summed E-state index contributed by atoms with van der Waals surface area (Å²) in [7, 11) is 0. The van der Waals surface area contributed by atoms with Crippen molar-refractivity contribution in [3.05, 3.63) is 22.7 Å². The molecule has 0 unspecified atom stereocenters. The number of hydrogen-bond donors (Lipinski definition) is 2. The number of nitrogens with zero attached hydrogens (tertiary/aromatic N) is 7. The van der Waals surface area contributed by atoms with E-state index in [4.69, 9.17) is 0 Å². The number of rotatable bonds is 5. The zero-order valence-electron chi connectivity index (χ0n) is 10.1. The molecule has 0 aliphatic heterocycles. The molecule has 0 aromatic carbocycles. The maximum absolute atomic E-state index is 11.7. The van der Waals surface area contributed by atoms with E-state index in [1.54, 1.807) is 11.3 Å². The van der Waals surface area contributed by atoms with Gasteiger partial charge in [-0.05, 0) is 16.7 Å². The summed E-state index contributed by atoms with van der Waals surface area (Å²) in [6, 6.07) is 1.89. The van der Waals surface area contributed by atoms with Crippen molar-refractivity contribution in [1.82, 2.24) is 46.1 Å². The topological polar surface area (TPSA) is 127 Å². The van der Waals surface area contributed by atoms with E-state index in [2.05, 4.69) is 41.4 Å². The van der Waals surface area contributed by atoms with Crippen molar-refractivity contribution >= 4 is 17.2 Å². The van der Waals surface area contributed by atoms with Gasteiger partial charge in [0.1, 0.15) is 6.54 Å². The molecule has 0 aliphatic rings. The Bertz CT molecular complexity index is 674. The standard InChI is InChI=1S/C9H9N9OS/c19-8(10-3-7-11-15-16-12-7)4-18-14-9(13-17-18)6-1-2-20-5-6/h1-2,5H,3-4H2,(H,10,19)(H,11,12,15,16). The molecule has 2 N–H and O–H groups in total. The second-order valence-electron chi connectivity index (χ2n) is 3.76. The number of hydrogen-bond acceptors (Lipinski definition) is 8. The van der Waals surface area contributed by atoms with E-state index >= 15 is 0 Å². The van der Waals surface area contributed by atoms with Crippen LogP contribution in [0.5, 0.6) is 0 Å². The third-order valence-electron chi connectivity index (χ3n) is 2.35. The van der Waals surface area contributed by atoms with Crippen LogP contribution >= 0.6 is 11.3 Å². The third-order valence-corrected chi connectivity index (χ3v) is 3.03. The highest BCUT2D eigenvalue weighted by molar-refractivity contribution is 7.08. The fraction of sp³-hybridized carbons (Fsp3) is 0.222. The molecule has 3 heterocycles. The van der Waals surface area contributed by atoms with E-state index in [0.29, 0.717) is 11.6 Å². The number of carbonyl (C=O) groups is 1. The molecule has 3 rings (SSSR count). The monoisotopic (exact) mass is 291 g/mol. The number of amides is 1. The van der Waals surface area contributed by atoms with Crippen LogP contribution in [0.4, 0.5) is 0 Å². The van der Waals surface area contributed by atoms with Crippen LogP contribution < -0.4 is 5.32 Å². The lowest BCUT2D eigenvalue weighted by molar-refractivity contribution is -0.122. The molecule has 0 bridgehead atoms. The number of H-pyrrole nitrogens is 1. The second-order valence-corrected chi connectivity index (χ2v) is 4.54. The van der Waals surface area contributed by atoms with Gasteiger partial charge in [-0.2, -0.15) is 21.3 Å². The maximum atomic E-state index is 11.7. The van der Waals surface area contributed by atoms with Crippen LogP contribution in [0.3, 0.4) is 0 Å². The first-order chi connectivity index (χ1) is 9.81. The van der Waals surface area contributed by atoms with Gasteiger partial charge in [-0.15, -0.1) is 20.4 Å². The fourth-order valence-corrected chi connectivity index (χ4v) is 2.07. The summed E-state index contributed by atoms with van der Waals surface area (Å²) in [5.41, 5.74) is 0.883. The first kappa shape index (κ1) is 12.3. The molecule has 1 amide bonds. The average Bonchev–Trinajstić information content (AvgIpc) is 3.18. The van der Waals surface area contributed by atoms with Crippen LogP contribution in [0.1, 0.15) is 5.82 Å². The van der Waals surface area contributed by atoms with E-state index in [9.17, 15) is 4.79 Å². The molecule has 0 saturated carbocycles. The largest absolute Gasteiger partial charge is 0.347 e. The Kier molecular flexibility index (Phi) is 3.41. The molecule has 0 aliphatic carbocycles. The van der Waals surface area contributed by atoms with Gasteiger partial charge in [0, 0.05) is 10.9 Å². The van der Waals surface area contributed by atoms with Crippen LogP contribution in [0.15, 0.2) is 16.8 Å². The van der Waals surface area contributed by atoms with Crippen LogP contribution in [0.25, 0.3) is 11.4 Å². The minimum absolute atomic E-state index is 0.0189. The van der Waals surface area contributed by atoms with Crippen molar-refractivity contribution < 1.29 is 4.79 Å². The highest BCUT2D eigenvalue weighted by atomic mass is 32.1. The lowest BCUT2D eigenvalue weighted by Crippen LogP contribution is -2.28. The Morgan fingerprint density at radius 2 is 2.40 bits per heavy atom. The van der Waals surface area contributed by atoms with Gasteiger partial charge in [-0.3, -0.25) is 4.79 Å². The van der Waals surface area contributed by atoms with Gasteiger partial charge in [-0.1, -0.05) is 5.21 Å². The Morgan fingerprint density at radius 3 is 3.15 bits per heavy atom. The Morgan fingerprint density at radius 1 is 1.45 bits per heavy atom. The highest BCUT2D eigenvalue weighted by Crippen LogP contribution is 2.16. The van der Waals surface area contributed by atoms with Crippen molar-refractivity contribution in [3.63, 3.8) is 0 Å². The van der Waals surface area contributed by atoms with Crippen LogP contribution in [0.2, 0.25) is 0 Å². The summed E-state index contributed by atoms with van der Waals surface area (Å²) in [6.45, 7) is 0.177. The molecule has 0 radical (unpaired) electrons. The molecular formula is C9H9N9OS. The quantitative estimate of drug-likeness (QED) is 0.631. The van der Waals surface area contributed by atoms with E-state index < -0.39 is 0 Å². The van der Waals surface area contributed by atoms with Crippen LogP contribution in [0, 0.1) is 0 Å². The molecule has 3 aromatic heterocycles. The minimum atomic E-state index is -0.260. The molecule has 0 fully saturated rings. The fourth-order valence-electron chi connectivity index (χ4n) is 1.44. The zero-order valence-corrected chi connectivity index (χ0v) is 10.9. The highest BCUT2D eigenvalue weighted by Gasteiger charge is 2.10. The molecule has 11 heteroatoms. The predicted molar refractivity (Wildman–Crippen MR) is 67.2 cm³/mol. The van der Waals surface area contributed by atoms with E-state index in [1.807, 2.05) is 16.8 Å². The van der Waals surface area contributed by atoms with Crippen molar-refractivity contribution in [2.24, 2.45) is 0 Å². The van der Waals surface area contributed by atoms with Crippen molar-refractivity contribution in [2.45, 2.75) is 13.1 Å². The molecule has 102 valence electrons. The normalized spacial score (nSPS) is 10.6.